The van der Waals surface area contributed by atoms with Crippen LogP contribution in [0.5, 0.6) is 5.75 Å². The molecule has 4 heteroatoms. The van der Waals surface area contributed by atoms with Crippen LogP contribution < -0.4 is 4.74 Å². The maximum atomic E-state index is 5.99. The Morgan fingerprint density at radius 2 is 2.21 bits per heavy atom. The number of hydrogen-bond acceptors (Lipinski definition) is 3. The first-order valence-electron chi connectivity index (χ1n) is 4.29. The summed E-state index contributed by atoms with van der Waals surface area (Å²) < 4.78 is 5.07. The standard InChI is InChI=1S/C10H14ClNOS/c1-12(7-14)6-8-3-4-10(13-2)9(11)5-8/h3-5,14H,6-7H2,1-2H3. The molecule has 14 heavy (non-hydrogen) atoms. The highest BCUT2D eigenvalue weighted by molar-refractivity contribution is 7.80. The monoisotopic (exact) mass is 231 g/mol. The van der Waals surface area contributed by atoms with Crippen molar-refractivity contribution in [3.8, 4) is 5.75 Å². The molecule has 1 aromatic carbocycles. The van der Waals surface area contributed by atoms with Gasteiger partial charge in [0, 0.05) is 12.4 Å². The van der Waals surface area contributed by atoms with Crippen molar-refractivity contribution in [3.63, 3.8) is 0 Å². The minimum absolute atomic E-state index is 0.651. The van der Waals surface area contributed by atoms with Gasteiger partial charge in [0.1, 0.15) is 5.75 Å². The van der Waals surface area contributed by atoms with Gasteiger partial charge in [0.2, 0.25) is 0 Å². The second-order valence-electron chi connectivity index (χ2n) is 3.12. The van der Waals surface area contributed by atoms with Crippen LogP contribution in [-0.2, 0) is 6.54 Å². The largest absolute Gasteiger partial charge is 0.495 e. The molecule has 0 saturated heterocycles. The van der Waals surface area contributed by atoms with E-state index in [1.165, 1.54) is 0 Å². The zero-order valence-corrected chi connectivity index (χ0v) is 9.98. The van der Waals surface area contributed by atoms with Crippen molar-refractivity contribution in [1.29, 1.82) is 0 Å². The fourth-order valence-corrected chi connectivity index (χ4v) is 1.55. The lowest BCUT2D eigenvalue weighted by Gasteiger charge is -2.13. The van der Waals surface area contributed by atoms with Crippen molar-refractivity contribution in [2.24, 2.45) is 0 Å². The van der Waals surface area contributed by atoms with Crippen LogP contribution in [0.4, 0.5) is 0 Å². The fourth-order valence-electron chi connectivity index (χ4n) is 1.17. The van der Waals surface area contributed by atoms with Gasteiger partial charge < -0.3 is 4.74 Å². The predicted octanol–water partition coefficient (Wildman–Crippen LogP) is 2.67. The van der Waals surface area contributed by atoms with E-state index in [0.717, 1.165) is 18.0 Å². The van der Waals surface area contributed by atoms with Gasteiger partial charge in [-0.2, -0.15) is 12.6 Å². The van der Waals surface area contributed by atoms with Gasteiger partial charge in [0.05, 0.1) is 12.1 Å². The molecule has 0 aliphatic heterocycles. The summed E-state index contributed by atoms with van der Waals surface area (Å²) in [5, 5.41) is 0.651. The van der Waals surface area contributed by atoms with Gasteiger partial charge >= 0.3 is 0 Å². The molecule has 78 valence electrons. The Morgan fingerprint density at radius 1 is 1.50 bits per heavy atom. The molecule has 0 aromatic heterocycles. The summed E-state index contributed by atoms with van der Waals surface area (Å²) in [5.74, 6) is 1.44. The minimum atomic E-state index is 0.651. The zero-order valence-electron chi connectivity index (χ0n) is 8.33. The second-order valence-corrected chi connectivity index (χ2v) is 3.81. The van der Waals surface area contributed by atoms with Gasteiger partial charge in [-0.25, -0.2) is 0 Å². The van der Waals surface area contributed by atoms with Gasteiger partial charge in [-0.1, -0.05) is 17.7 Å². The summed E-state index contributed by atoms with van der Waals surface area (Å²) in [5.41, 5.74) is 1.16. The lowest BCUT2D eigenvalue weighted by atomic mass is 10.2. The van der Waals surface area contributed by atoms with Crippen molar-refractivity contribution in [3.05, 3.63) is 28.8 Å². The van der Waals surface area contributed by atoms with E-state index in [2.05, 4.69) is 17.5 Å². The minimum Gasteiger partial charge on any atom is -0.495 e. The first kappa shape index (κ1) is 11.7. The summed E-state index contributed by atoms with van der Waals surface area (Å²) in [4.78, 5) is 2.08. The molecular formula is C10H14ClNOS. The summed E-state index contributed by atoms with van der Waals surface area (Å²) in [6, 6.07) is 5.80. The zero-order chi connectivity index (χ0) is 10.6. The number of hydrogen-bond donors (Lipinski definition) is 1. The maximum Gasteiger partial charge on any atom is 0.137 e. The van der Waals surface area contributed by atoms with E-state index in [1.807, 2.05) is 25.2 Å². The molecule has 2 nitrogen and oxygen atoms in total. The number of methoxy groups -OCH3 is 1. The molecule has 0 unspecified atom stereocenters. The average molecular weight is 232 g/mol. The Kier molecular flexibility index (Phi) is 4.58. The second kappa shape index (κ2) is 5.49. The van der Waals surface area contributed by atoms with E-state index in [9.17, 15) is 0 Å². The highest BCUT2D eigenvalue weighted by atomic mass is 35.5. The summed E-state index contributed by atoms with van der Waals surface area (Å²) in [6.07, 6.45) is 0. The number of nitrogens with zero attached hydrogens (tertiary/aromatic N) is 1. The molecule has 1 aromatic rings. The number of ether oxygens (including phenoxy) is 1. The van der Waals surface area contributed by atoms with E-state index in [0.29, 0.717) is 10.8 Å². The first-order valence-corrected chi connectivity index (χ1v) is 5.30. The Morgan fingerprint density at radius 3 is 2.71 bits per heavy atom. The third-order valence-electron chi connectivity index (χ3n) is 1.91. The molecule has 1 rings (SSSR count). The van der Waals surface area contributed by atoms with Crippen molar-refractivity contribution in [2.75, 3.05) is 20.0 Å². The summed E-state index contributed by atoms with van der Waals surface area (Å²) in [7, 11) is 3.62. The molecular weight excluding hydrogens is 218 g/mol. The number of rotatable bonds is 4. The Balaban J connectivity index is 2.76. The highest BCUT2D eigenvalue weighted by Crippen LogP contribution is 2.25. The summed E-state index contributed by atoms with van der Waals surface area (Å²) in [6.45, 7) is 0.840. The van der Waals surface area contributed by atoms with E-state index in [-0.39, 0.29) is 0 Å². The van der Waals surface area contributed by atoms with Gasteiger partial charge in [-0.15, -0.1) is 0 Å². The van der Waals surface area contributed by atoms with E-state index in [4.69, 9.17) is 16.3 Å². The lowest BCUT2D eigenvalue weighted by Crippen LogP contribution is -2.15. The molecule has 0 spiro atoms. The third-order valence-corrected chi connectivity index (χ3v) is 2.69. The maximum absolute atomic E-state index is 5.99. The summed E-state index contributed by atoms with van der Waals surface area (Å²) >= 11 is 10.2. The quantitative estimate of drug-likeness (QED) is 0.632. The van der Waals surface area contributed by atoms with Crippen molar-refractivity contribution in [1.82, 2.24) is 4.90 Å². The van der Waals surface area contributed by atoms with Crippen molar-refractivity contribution < 1.29 is 4.74 Å². The van der Waals surface area contributed by atoms with Crippen LogP contribution in [0.3, 0.4) is 0 Å². The van der Waals surface area contributed by atoms with Gasteiger partial charge in [0.15, 0.2) is 0 Å². The van der Waals surface area contributed by atoms with E-state index < -0.39 is 0 Å². The normalized spacial score (nSPS) is 10.6. The number of thiol groups is 1. The van der Waals surface area contributed by atoms with Crippen LogP contribution in [-0.4, -0.2) is 24.9 Å². The third kappa shape index (κ3) is 3.08. The van der Waals surface area contributed by atoms with Crippen molar-refractivity contribution >= 4 is 24.2 Å². The van der Waals surface area contributed by atoms with Crippen LogP contribution in [0, 0.1) is 0 Å². The number of halogens is 1. The van der Waals surface area contributed by atoms with Crippen molar-refractivity contribution in [2.45, 2.75) is 6.54 Å². The van der Waals surface area contributed by atoms with Gasteiger partial charge in [0.25, 0.3) is 0 Å². The molecule has 0 amide bonds. The molecule has 0 saturated carbocycles. The van der Waals surface area contributed by atoms with Crippen LogP contribution in [0.25, 0.3) is 0 Å². The van der Waals surface area contributed by atoms with E-state index >= 15 is 0 Å². The van der Waals surface area contributed by atoms with Crippen LogP contribution in [0.15, 0.2) is 18.2 Å². The Hall–Kier alpha value is -0.380. The average Bonchev–Trinajstić information content (AvgIpc) is 2.18. The predicted molar refractivity (Wildman–Crippen MR) is 63.3 cm³/mol. The molecule has 0 N–H and O–H groups in total. The van der Waals surface area contributed by atoms with Gasteiger partial charge in [-0.05, 0) is 24.7 Å². The molecule has 0 aliphatic rings. The molecule has 0 heterocycles. The van der Waals surface area contributed by atoms with Crippen LogP contribution in [0.2, 0.25) is 5.02 Å². The van der Waals surface area contributed by atoms with E-state index in [1.54, 1.807) is 7.11 Å². The SMILES string of the molecule is COc1ccc(CN(C)CS)cc1Cl. The molecule has 0 radical (unpaired) electrons. The lowest BCUT2D eigenvalue weighted by molar-refractivity contribution is 0.386. The molecule has 0 aliphatic carbocycles. The van der Waals surface area contributed by atoms with Crippen LogP contribution >= 0.6 is 24.2 Å². The van der Waals surface area contributed by atoms with Gasteiger partial charge in [-0.3, -0.25) is 4.90 Å². The number of benzene rings is 1. The topological polar surface area (TPSA) is 12.5 Å². The molecule has 0 fully saturated rings. The first-order chi connectivity index (χ1) is 6.67. The Labute approximate surface area is 95.2 Å². The molecule has 0 bridgehead atoms. The molecule has 0 atom stereocenters. The van der Waals surface area contributed by atoms with Crippen LogP contribution in [0.1, 0.15) is 5.56 Å². The smallest absolute Gasteiger partial charge is 0.137 e. The Bertz CT molecular complexity index is 306. The highest BCUT2D eigenvalue weighted by Gasteiger charge is 2.03. The fraction of sp³-hybridized carbons (Fsp3) is 0.400.